The Kier molecular flexibility index (Phi) is 5.79. The van der Waals surface area contributed by atoms with Gasteiger partial charge in [-0.25, -0.2) is 4.39 Å². The maximum atomic E-state index is 13.4. The molecule has 0 spiro atoms. The van der Waals surface area contributed by atoms with Gasteiger partial charge in [-0.2, -0.15) is 5.26 Å². The van der Waals surface area contributed by atoms with Gasteiger partial charge in [-0.1, -0.05) is 24.3 Å². The van der Waals surface area contributed by atoms with Crippen LogP contribution in [-0.2, 0) is 0 Å². The van der Waals surface area contributed by atoms with Crippen molar-refractivity contribution in [3.05, 3.63) is 59.9 Å². The van der Waals surface area contributed by atoms with Crippen molar-refractivity contribution >= 4 is 0 Å². The number of nitriles is 1. The lowest BCUT2D eigenvalue weighted by Gasteiger charge is -2.12. The van der Waals surface area contributed by atoms with Crippen molar-refractivity contribution in [1.82, 2.24) is 0 Å². The average Bonchev–Trinajstić information content (AvgIpc) is 2.54. The molecule has 0 bridgehead atoms. The lowest BCUT2D eigenvalue weighted by molar-refractivity contribution is 0.291. The first-order chi connectivity index (χ1) is 10.7. The summed E-state index contributed by atoms with van der Waals surface area (Å²) in [6.45, 7) is 2.82. The zero-order valence-corrected chi connectivity index (χ0v) is 12.5. The molecule has 1 atom stereocenters. The van der Waals surface area contributed by atoms with Crippen LogP contribution in [0.3, 0.4) is 0 Å². The van der Waals surface area contributed by atoms with E-state index in [2.05, 4.69) is 6.07 Å². The zero-order valence-electron chi connectivity index (χ0n) is 12.5. The standard InChI is InChI=1S/C18H18FNO2/c1-2-21-16-9-7-14(8-10-16)15(13-20)11-12-22-18-6-4-3-5-17(18)19/h3-10,15H,2,11-12H2,1H3. The third-order valence-corrected chi connectivity index (χ3v) is 3.25. The SMILES string of the molecule is CCOc1ccc(C(C#N)CCOc2ccccc2F)cc1. The summed E-state index contributed by atoms with van der Waals surface area (Å²) in [5.41, 5.74) is 0.906. The minimum Gasteiger partial charge on any atom is -0.494 e. The van der Waals surface area contributed by atoms with Crippen LogP contribution >= 0.6 is 0 Å². The van der Waals surface area contributed by atoms with Crippen LogP contribution in [0.2, 0.25) is 0 Å². The van der Waals surface area contributed by atoms with Crippen LogP contribution in [0, 0.1) is 17.1 Å². The van der Waals surface area contributed by atoms with E-state index in [1.165, 1.54) is 6.07 Å². The zero-order chi connectivity index (χ0) is 15.8. The topological polar surface area (TPSA) is 42.2 Å². The first kappa shape index (κ1) is 15.8. The number of ether oxygens (including phenoxy) is 2. The molecule has 114 valence electrons. The van der Waals surface area contributed by atoms with E-state index in [9.17, 15) is 9.65 Å². The second-order valence-electron chi connectivity index (χ2n) is 4.75. The summed E-state index contributed by atoms with van der Waals surface area (Å²) in [4.78, 5) is 0. The van der Waals surface area contributed by atoms with E-state index in [0.717, 1.165) is 11.3 Å². The molecule has 0 saturated heterocycles. The molecule has 0 aliphatic rings. The molecule has 2 aromatic carbocycles. The van der Waals surface area contributed by atoms with Gasteiger partial charge in [0.15, 0.2) is 11.6 Å². The van der Waals surface area contributed by atoms with Gasteiger partial charge in [-0.05, 0) is 36.8 Å². The fourth-order valence-corrected chi connectivity index (χ4v) is 2.12. The van der Waals surface area contributed by atoms with Crippen LogP contribution in [0.1, 0.15) is 24.8 Å². The van der Waals surface area contributed by atoms with Crippen molar-refractivity contribution < 1.29 is 13.9 Å². The van der Waals surface area contributed by atoms with Crippen LogP contribution < -0.4 is 9.47 Å². The lowest BCUT2D eigenvalue weighted by atomic mass is 9.97. The Bertz CT molecular complexity index is 634. The number of para-hydroxylation sites is 1. The van der Waals surface area contributed by atoms with Gasteiger partial charge in [-0.3, -0.25) is 0 Å². The highest BCUT2D eigenvalue weighted by molar-refractivity contribution is 5.32. The molecule has 2 aromatic rings. The van der Waals surface area contributed by atoms with Gasteiger partial charge < -0.3 is 9.47 Å². The Morgan fingerprint density at radius 2 is 1.82 bits per heavy atom. The quantitative estimate of drug-likeness (QED) is 0.765. The van der Waals surface area contributed by atoms with Crippen LogP contribution in [0.25, 0.3) is 0 Å². The summed E-state index contributed by atoms with van der Waals surface area (Å²) in [6, 6.07) is 16.0. The molecule has 0 heterocycles. The molecule has 4 heteroatoms. The minimum atomic E-state index is -0.392. The number of benzene rings is 2. The normalized spacial score (nSPS) is 11.5. The van der Waals surface area contributed by atoms with Crippen molar-refractivity contribution in [3.63, 3.8) is 0 Å². The molecule has 0 aliphatic heterocycles. The predicted molar refractivity (Wildman–Crippen MR) is 82.5 cm³/mol. The van der Waals surface area contributed by atoms with E-state index in [1.54, 1.807) is 18.2 Å². The molecule has 0 saturated carbocycles. The lowest BCUT2D eigenvalue weighted by Crippen LogP contribution is -2.05. The first-order valence-corrected chi connectivity index (χ1v) is 7.24. The van der Waals surface area contributed by atoms with Crippen molar-refractivity contribution in [1.29, 1.82) is 5.26 Å². The number of hydrogen-bond acceptors (Lipinski definition) is 3. The van der Waals surface area contributed by atoms with E-state index in [1.807, 2.05) is 31.2 Å². The van der Waals surface area contributed by atoms with Crippen LogP contribution in [0.15, 0.2) is 48.5 Å². The van der Waals surface area contributed by atoms with Crippen molar-refractivity contribution in [2.45, 2.75) is 19.3 Å². The molecule has 2 rings (SSSR count). The van der Waals surface area contributed by atoms with Gasteiger partial charge in [0.25, 0.3) is 0 Å². The molecule has 0 aliphatic carbocycles. The highest BCUT2D eigenvalue weighted by Gasteiger charge is 2.11. The summed E-state index contributed by atoms with van der Waals surface area (Å²) in [7, 11) is 0. The molecule has 1 unspecified atom stereocenters. The van der Waals surface area contributed by atoms with E-state index in [-0.39, 0.29) is 18.3 Å². The molecule has 0 N–H and O–H groups in total. The van der Waals surface area contributed by atoms with Gasteiger partial charge in [0.2, 0.25) is 0 Å². The molecule has 0 fully saturated rings. The van der Waals surface area contributed by atoms with E-state index >= 15 is 0 Å². The average molecular weight is 299 g/mol. The fourth-order valence-electron chi connectivity index (χ4n) is 2.12. The Balaban J connectivity index is 1.92. The minimum absolute atomic E-state index is 0.214. The highest BCUT2D eigenvalue weighted by Crippen LogP contribution is 2.23. The second-order valence-corrected chi connectivity index (χ2v) is 4.75. The molecule has 3 nitrogen and oxygen atoms in total. The van der Waals surface area contributed by atoms with Gasteiger partial charge in [0.05, 0.1) is 25.2 Å². The molecule has 22 heavy (non-hydrogen) atoms. The molecule has 0 aromatic heterocycles. The summed E-state index contributed by atoms with van der Waals surface area (Å²) in [6.07, 6.45) is 0.499. The van der Waals surface area contributed by atoms with E-state index in [0.29, 0.717) is 13.0 Å². The molecular formula is C18H18FNO2. The van der Waals surface area contributed by atoms with Crippen LogP contribution in [-0.4, -0.2) is 13.2 Å². The van der Waals surface area contributed by atoms with Gasteiger partial charge in [-0.15, -0.1) is 0 Å². The number of halogens is 1. The number of nitrogens with zero attached hydrogens (tertiary/aromatic N) is 1. The van der Waals surface area contributed by atoms with Crippen molar-refractivity contribution in [3.8, 4) is 17.6 Å². The van der Waals surface area contributed by atoms with Crippen LogP contribution in [0.4, 0.5) is 4.39 Å². The molecular weight excluding hydrogens is 281 g/mol. The number of rotatable bonds is 7. The summed E-state index contributed by atoms with van der Waals surface area (Å²) >= 11 is 0. The maximum Gasteiger partial charge on any atom is 0.165 e. The summed E-state index contributed by atoms with van der Waals surface area (Å²) < 4.78 is 24.2. The Labute approximate surface area is 129 Å². The van der Waals surface area contributed by atoms with Gasteiger partial charge in [0.1, 0.15) is 5.75 Å². The van der Waals surface area contributed by atoms with E-state index in [4.69, 9.17) is 9.47 Å². The molecule has 0 radical (unpaired) electrons. The Morgan fingerprint density at radius 3 is 2.45 bits per heavy atom. The van der Waals surface area contributed by atoms with Gasteiger partial charge in [0, 0.05) is 6.42 Å². The smallest absolute Gasteiger partial charge is 0.165 e. The maximum absolute atomic E-state index is 13.4. The van der Waals surface area contributed by atoms with E-state index < -0.39 is 5.82 Å². The third-order valence-electron chi connectivity index (χ3n) is 3.25. The largest absolute Gasteiger partial charge is 0.494 e. The number of hydrogen-bond donors (Lipinski definition) is 0. The molecule has 0 amide bonds. The Morgan fingerprint density at radius 1 is 1.09 bits per heavy atom. The fraction of sp³-hybridized carbons (Fsp3) is 0.278. The predicted octanol–water partition coefficient (Wildman–Crippen LogP) is 4.30. The summed E-state index contributed by atoms with van der Waals surface area (Å²) in [5.74, 6) is 0.316. The van der Waals surface area contributed by atoms with Gasteiger partial charge >= 0.3 is 0 Å². The van der Waals surface area contributed by atoms with Crippen molar-refractivity contribution in [2.24, 2.45) is 0 Å². The highest BCUT2D eigenvalue weighted by atomic mass is 19.1. The third kappa shape index (κ3) is 4.23. The van der Waals surface area contributed by atoms with Crippen LogP contribution in [0.5, 0.6) is 11.5 Å². The Hall–Kier alpha value is -2.54. The monoisotopic (exact) mass is 299 g/mol. The first-order valence-electron chi connectivity index (χ1n) is 7.24. The van der Waals surface area contributed by atoms with Crippen molar-refractivity contribution in [2.75, 3.05) is 13.2 Å². The summed E-state index contributed by atoms with van der Waals surface area (Å²) in [5, 5.41) is 9.29. The second kappa shape index (κ2) is 8.04.